The molecule has 1 amide bonds. The SMILES string of the molecule is O=C(O)CNC(=O)c1c(O)c2ccnn2n(-c2ccccc2)c1=O. The first kappa shape index (κ1) is 15.3. The summed E-state index contributed by atoms with van der Waals surface area (Å²) in [5.41, 5.74) is -0.798. The molecule has 3 rings (SSSR count). The van der Waals surface area contributed by atoms with E-state index < -0.39 is 35.3 Å². The summed E-state index contributed by atoms with van der Waals surface area (Å²) in [6.07, 6.45) is 1.37. The van der Waals surface area contributed by atoms with Gasteiger partial charge in [-0.1, -0.05) is 18.2 Å². The van der Waals surface area contributed by atoms with Crippen LogP contribution >= 0.6 is 0 Å². The van der Waals surface area contributed by atoms with E-state index in [1.54, 1.807) is 30.3 Å². The summed E-state index contributed by atoms with van der Waals surface area (Å²) in [5.74, 6) is -2.81. The first-order valence-corrected chi connectivity index (χ1v) is 6.88. The highest BCUT2D eigenvalue weighted by Gasteiger charge is 2.23. The first-order chi connectivity index (χ1) is 11.5. The minimum absolute atomic E-state index is 0.138. The van der Waals surface area contributed by atoms with Gasteiger partial charge < -0.3 is 15.5 Å². The van der Waals surface area contributed by atoms with Crippen LogP contribution in [0.15, 0.2) is 47.4 Å². The number of nitrogens with one attached hydrogen (secondary N) is 1. The molecule has 0 aliphatic rings. The van der Waals surface area contributed by atoms with Crippen molar-refractivity contribution in [2.24, 2.45) is 0 Å². The van der Waals surface area contributed by atoms with Crippen LogP contribution in [0.5, 0.6) is 5.75 Å². The lowest BCUT2D eigenvalue weighted by atomic mass is 10.2. The van der Waals surface area contributed by atoms with Gasteiger partial charge in [-0.3, -0.25) is 14.4 Å². The number of nitrogens with zero attached hydrogens (tertiary/aromatic N) is 3. The third-order valence-electron chi connectivity index (χ3n) is 3.33. The summed E-state index contributed by atoms with van der Waals surface area (Å²) in [7, 11) is 0. The Morgan fingerprint density at radius 1 is 1.17 bits per heavy atom. The van der Waals surface area contributed by atoms with Gasteiger partial charge in [-0.15, -0.1) is 0 Å². The zero-order chi connectivity index (χ0) is 17.3. The van der Waals surface area contributed by atoms with Gasteiger partial charge in [0.05, 0.1) is 11.9 Å². The summed E-state index contributed by atoms with van der Waals surface area (Å²) < 4.78 is 2.28. The maximum absolute atomic E-state index is 12.7. The molecule has 0 unspecified atom stereocenters. The lowest BCUT2D eigenvalue weighted by molar-refractivity contribution is -0.135. The normalized spacial score (nSPS) is 10.7. The van der Waals surface area contributed by atoms with Gasteiger partial charge in [0.1, 0.15) is 12.1 Å². The van der Waals surface area contributed by atoms with Crippen molar-refractivity contribution in [1.82, 2.24) is 19.7 Å². The van der Waals surface area contributed by atoms with Crippen LogP contribution < -0.4 is 10.9 Å². The van der Waals surface area contributed by atoms with Crippen molar-refractivity contribution in [3.8, 4) is 11.4 Å². The second-order valence-corrected chi connectivity index (χ2v) is 4.86. The molecule has 0 radical (unpaired) electrons. The van der Waals surface area contributed by atoms with E-state index in [0.29, 0.717) is 5.69 Å². The number of fused-ring (bicyclic) bond motifs is 1. The number of carbonyl (C=O) groups is 2. The van der Waals surface area contributed by atoms with Crippen molar-refractivity contribution >= 4 is 17.4 Å². The molecule has 24 heavy (non-hydrogen) atoms. The van der Waals surface area contributed by atoms with Gasteiger partial charge in [-0.05, 0) is 18.2 Å². The van der Waals surface area contributed by atoms with Crippen molar-refractivity contribution in [3.63, 3.8) is 0 Å². The second-order valence-electron chi connectivity index (χ2n) is 4.86. The van der Waals surface area contributed by atoms with Crippen LogP contribution in [0.2, 0.25) is 0 Å². The number of carboxylic acids is 1. The zero-order valence-electron chi connectivity index (χ0n) is 12.2. The number of hydrogen-bond acceptors (Lipinski definition) is 5. The lowest BCUT2D eigenvalue weighted by Gasteiger charge is -2.12. The first-order valence-electron chi connectivity index (χ1n) is 6.88. The van der Waals surface area contributed by atoms with E-state index in [0.717, 1.165) is 4.68 Å². The van der Waals surface area contributed by atoms with E-state index in [9.17, 15) is 19.5 Å². The van der Waals surface area contributed by atoms with Crippen LogP contribution in [0.1, 0.15) is 10.4 Å². The molecule has 0 bridgehead atoms. The van der Waals surface area contributed by atoms with Crippen LogP contribution in [-0.2, 0) is 4.79 Å². The molecule has 2 heterocycles. The Hall–Kier alpha value is -3.62. The second kappa shape index (κ2) is 5.88. The van der Waals surface area contributed by atoms with E-state index in [2.05, 4.69) is 10.4 Å². The van der Waals surface area contributed by atoms with Crippen LogP contribution in [0, 0.1) is 0 Å². The molecule has 2 aromatic heterocycles. The molecule has 0 spiro atoms. The van der Waals surface area contributed by atoms with Gasteiger partial charge in [-0.2, -0.15) is 14.4 Å². The molecule has 0 aliphatic carbocycles. The monoisotopic (exact) mass is 328 g/mol. The van der Waals surface area contributed by atoms with Crippen molar-refractivity contribution in [2.45, 2.75) is 0 Å². The quantitative estimate of drug-likeness (QED) is 0.619. The standard InChI is InChI=1S/C15H12N4O5/c20-11(21)8-16-14(23)12-13(22)10-6-7-17-19(10)18(15(12)24)9-4-2-1-3-5-9/h1-7,22H,8H2,(H,16,23)(H,20,21). The van der Waals surface area contributed by atoms with Gasteiger partial charge in [-0.25, -0.2) is 0 Å². The molecule has 122 valence electrons. The number of rotatable bonds is 4. The number of aromatic hydroxyl groups is 1. The number of carbonyl (C=O) groups excluding carboxylic acids is 1. The Morgan fingerprint density at radius 2 is 1.88 bits per heavy atom. The number of carboxylic acid groups (broad SMARTS) is 1. The Kier molecular flexibility index (Phi) is 3.74. The highest BCUT2D eigenvalue weighted by Crippen LogP contribution is 2.21. The molecule has 0 saturated heterocycles. The van der Waals surface area contributed by atoms with Crippen molar-refractivity contribution in [3.05, 3.63) is 58.5 Å². The maximum Gasteiger partial charge on any atom is 0.322 e. The van der Waals surface area contributed by atoms with Gasteiger partial charge in [0.2, 0.25) is 0 Å². The van der Waals surface area contributed by atoms with Gasteiger partial charge in [0.15, 0.2) is 11.3 Å². The van der Waals surface area contributed by atoms with Crippen molar-refractivity contribution in [1.29, 1.82) is 0 Å². The summed E-state index contributed by atoms with van der Waals surface area (Å²) >= 11 is 0. The van der Waals surface area contributed by atoms with Gasteiger partial charge in [0.25, 0.3) is 11.5 Å². The Labute approximate surface area is 134 Å². The molecule has 9 nitrogen and oxygen atoms in total. The molecule has 0 atom stereocenters. The highest BCUT2D eigenvalue weighted by molar-refractivity contribution is 5.99. The molecule has 3 N–H and O–H groups in total. The van der Waals surface area contributed by atoms with Crippen LogP contribution in [-0.4, -0.2) is 43.0 Å². The molecular formula is C15H12N4O5. The summed E-state index contributed by atoms with van der Waals surface area (Å²) in [6, 6.07) is 9.87. The smallest absolute Gasteiger partial charge is 0.322 e. The Morgan fingerprint density at radius 3 is 2.54 bits per heavy atom. The van der Waals surface area contributed by atoms with E-state index in [1.165, 1.54) is 16.9 Å². The number of aromatic nitrogens is 3. The van der Waals surface area contributed by atoms with Crippen molar-refractivity contribution in [2.75, 3.05) is 6.54 Å². The minimum Gasteiger partial charge on any atom is -0.505 e. The maximum atomic E-state index is 12.7. The molecule has 1 aromatic carbocycles. The van der Waals surface area contributed by atoms with Crippen LogP contribution in [0.3, 0.4) is 0 Å². The predicted molar refractivity (Wildman–Crippen MR) is 82.4 cm³/mol. The van der Waals surface area contributed by atoms with Gasteiger partial charge in [0, 0.05) is 0 Å². The lowest BCUT2D eigenvalue weighted by Crippen LogP contribution is -2.37. The third-order valence-corrected chi connectivity index (χ3v) is 3.33. The topological polar surface area (TPSA) is 126 Å². The van der Waals surface area contributed by atoms with Crippen LogP contribution in [0.4, 0.5) is 0 Å². The van der Waals surface area contributed by atoms with E-state index in [-0.39, 0.29) is 5.52 Å². The number of benzene rings is 1. The fraction of sp³-hybridized carbons (Fsp3) is 0.0667. The van der Waals surface area contributed by atoms with E-state index in [4.69, 9.17) is 5.11 Å². The molecular weight excluding hydrogens is 316 g/mol. The average Bonchev–Trinajstić information content (AvgIpc) is 3.03. The highest BCUT2D eigenvalue weighted by atomic mass is 16.4. The third kappa shape index (κ3) is 2.47. The summed E-state index contributed by atoms with van der Waals surface area (Å²) in [5, 5.41) is 24.9. The predicted octanol–water partition coefficient (Wildman–Crippen LogP) is 0.00520. The number of para-hydroxylation sites is 1. The number of amides is 1. The van der Waals surface area contributed by atoms with E-state index in [1.807, 2.05) is 0 Å². The fourth-order valence-electron chi connectivity index (χ4n) is 2.30. The number of hydrogen-bond donors (Lipinski definition) is 3. The minimum atomic E-state index is -1.27. The Balaban J connectivity index is 2.26. The van der Waals surface area contributed by atoms with Gasteiger partial charge >= 0.3 is 5.97 Å². The molecule has 0 aliphatic heterocycles. The largest absolute Gasteiger partial charge is 0.505 e. The average molecular weight is 328 g/mol. The molecule has 0 fully saturated rings. The molecule has 0 saturated carbocycles. The molecule has 3 aromatic rings. The Bertz CT molecular complexity index is 990. The summed E-state index contributed by atoms with van der Waals surface area (Å²) in [6.45, 7) is -0.673. The van der Waals surface area contributed by atoms with Crippen LogP contribution in [0.25, 0.3) is 11.2 Å². The number of aliphatic carboxylic acids is 1. The summed E-state index contributed by atoms with van der Waals surface area (Å²) in [4.78, 5) is 35.5. The zero-order valence-corrected chi connectivity index (χ0v) is 12.2. The molecule has 9 heteroatoms. The van der Waals surface area contributed by atoms with Crippen molar-refractivity contribution < 1.29 is 19.8 Å². The van der Waals surface area contributed by atoms with E-state index >= 15 is 0 Å². The fourth-order valence-corrected chi connectivity index (χ4v) is 2.30.